The predicted octanol–water partition coefficient (Wildman–Crippen LogP) is 3.02. The van der Waals surface area contributed by atoms with Crippen molar-refractivity contribution in [2.24, 2.45) is 5.92 Å². The first-order valence-electron chi connectivity index (χ1n) is 5.90. The molecule has 1 saturated heterocycles. The number of amides is 1. The molecule has 0 spiro atoms. The van der Waals surface area contributed by atoms with Crippen LogP contribution in [0.5, 0.6) is 0 Å². The molecule has 1 aliphatic rings. The normalized spacial score (nSPS) is 16.9. The Morgan fingerprint density at radius 2 is 1.80 bits per heavy atom. The second-order valence-electron chi connectivity index (χ2n) is 4.11. The summed E-state index contributed by atoms with van der Waals surface area (Å²) < 4.78 is 0. The van der Waals surface area contributed by atoms with Crippen LogP contribution in [0.15, 0.2) is 0 Å². The van der Waals surface area contributed by atoms with Crippen LogP contribution in [0.2, 0.25) is 0 Å². The quantitative estimate of drug-likeness (QED) is 0.728. The van der Waals surface area contributed by atoms with Gasteiger partial charge in [0.25, 0.3) is 0 Å². The summed E-state index contributed by atoms with van der Waals surface area (Å²) in [5.41, 5.74) is 0. The van der Waals surface area contributed by atoms with E-state index in [1.807, 2.05) is 16.7 Å². The number of nitrogens with zero attached hydrogens (tertiary/aromatic N) is 1. The Morgan fingerprint density at radius 1 is 1.33 bits per heavy atom. The summed E-state index contributed by atoms with van der Waals surface area (Å²) in [6.45, 7) is 7.86. The summed E-state index contributed by atoms with van der Waals surface area (Å²) in [5, 5.41) is 0. The zero-order valence-corrected chi connectivity index (χ0v) is 11.4. The highest BCUT2D eigenvalue weighted by Crippen LogP contribution is 2.20. The maximum absolute atomic E-state index is 11.0. The number of thioether (sulfide) groups is 1. The number of piperidine rings is 1. The van der Waals surface area contributed by atoms with E-state index in [0.29, 0.717) is 0 Å². The number of rotatable bonds is 2. The van der Waals surface area contributed by atoms with Gasteiger partial charge in [-0.2, -0.15) is 11.8 Å². The van der Waals surface area contributed by atoms with E-state index >= 15 is 0 Å². The van der Waals surface area contributed by atoms with Crippen molar-refractivity contribution in [2.45, 2.75) is 40.0 Å². The molecule has 0 atom stereocenters. The van der Waals surface area contributed by atoms with Gasteiger partial charge in [-0.3, -0.25) is 4.79 Å². The zero-order chi connectivity index (χ0) is 11.7. The first-order chi connectivity index (χ1) is 7.15. The summed E-state index contributed by atoms with van der Waals surface area (Å²) in [6, 6.07) is 0. The SMILES string of the molecule is CCC.CSCC1CCN(C(C)=O)CC1. The molecular weight excluding hydrogens is 206 g/mol. The van der Waals surface area contributed by atoms with Gasteiger partial charge in [-0.1, -0.05) is 20.3 Å². The molecule has 0 aromatic rings. The van der Waals surface area contributed by atoms with Crippen LogP contribution < -0.4 is 0 Å². The lowest BCUT2D eigenvalue weighted by Gasteiger charge is -2.30. The third kappa shape index (κ3) is 6.82. The maximum Gasteiger partial charge on any atom is 0.219 e. The van der Waals surface area contributed by atoms with Gasteiger partial charge in [0.05, 0.1) is 0 Å². The van der Waals surface area contributed by atoms with E-state index < -0.39 is 0 Å². The fourth-order valence-electron chi connectivity index (χ4n) is 1.65. The Morgan fingerprint density at radius 3 is 2.13 bits per heavy atom. The van der Waals surface area contributed by atoms with Crippen molar-refractivity contribution in [2.75, 3.05) is 25.1 Å². The topological polar surface area (TPSA) is 20.3 Å². The third-order valence-corrected chi connectivity index (χ3v) is 3.27. The molecule has 0 aliphatic carbocycles. The molecule has 0 saturated carbocycles. The summed E-state index contributed by atoms with van der Waals surface area (Å²) in [6.07, 6.45) is 5.79. The fraction of sp³-hybridized carbons (Fsp3) is 0.917. The summed E-state index contributed by atoms with van der Waals surface area (Å²) in [5.74, 6) is 2.33. The molecule has 2 nitrogen and oxygen atoms in total. The smallest absolute Gasteiger partial charge is 0.219 e. The average Bonchev–Trinajstić information content (AvgIpc) is 2.20. The molecular formula is C12H25NOS. The molecule has 0 N–H and O–H groups in total. The van der Waals surface area contributed by atoms with E-state index in [0.717, 1.165) is 19.0 Å². The van der Waals surface area contributed by atoms with Gasteiger partial charge in [-0.25, -0.2) is 0 Å². The van der Waals surface area contributed by atoms with E-state index in [9.17, 15) is 4.79 Å². The van der Waals surface area contributed by atoms with Gasteiger partial charge in [-0.15, -0.1) is 0 Å². The van der Waals surface area contributed by atoms with Crippen LogP contribution in [0.1, 0.15) is 40.0 Å². The average molecular weight is 231 g/mol. The summed E-state index contributed by atoms with van der Waals surface area (Å²) >= 11 is 1.91. The van der Waals surface area contributed by atoms with Gasteiger partial charge in [0.2, 0.25) is 5.91 Å². The Labute approximate surface area is 98.8 Å². The van der Waals surface area contributed by atoms with Crippen LogP contribution >= 0.6 is 11.8 Å². The van der Waals surface area contributed by atoms with E-state index in [2.05, 4.69) is 20.1 Å². The molecule has 1 heterocycles. The van der Waals surface area contributed by atoms with Gasteiger partial charge in [-0.05, 0) is 30.8 Å². The summed E-state index contributed by atoms with van der Waals surface area (Å²) in [7, 11) is 0. The van der Waals surface area contributed by atoms with Crippen molar-refractivity contribution in [3.8, 4) is 0 Å². The molecule has 90 valence electrons. The molecule has 3 heteroatoms. The molecule has 0 aromatic carbocycles. The number of hydrogen-bond acceptors (Lipinski definition) is 2. The monoisotopic (exact) mass is 231 g/mol. The van der Waals surface area contributed by atoms with Gasteiger partial charge in [0, 0.05) is 20.0 Å². The van der Waals surface area contributed by atoms with E-state index in [1.165, 1.54) is 25.0 Å². The van der Waals surface area contributed by atoms with Crippen LogP contribution in [0.4, 0.5) is 0 Å². The second kappa shape index (κ2) is 9.08. The highest BCUT2D eigenvalue weighted by molar-refractivity contribution is 7.98. The minimum atomic E-state index is 0.234. The minimum absolute atomic E-state index is 0.234. The first-order valence-corrected chi connectivity index (χ1v) is 7.29. The standard InChI is InChI=1S/C9H17NOS.C3H8/c1-8(11)10-5-3-9(4-6-10)7-12-2;1-3-2/h9H,3-7H2,1-2H3;3H2,1-2H3. The van der Waals surface area contributed by atoms with Crippen molar-refractivity contribution in [3.05, 3.63) is 0 Å². The zero-order valence-electron chi connectivity index (χ0n) is 10.6. The number of hydrogen-bond donors (Lipinski definition) is 0. The van der Waals surface area contributed by atoms with Gasteiger partial charge in [0.15, 0.2) is 0 Å². The highest BCUT2D eigenvalue weighted by Gasteiger charge is 2.19. The van der Waals surface area contributed by atoms with E-state index in [1.54, 1.807) is 6.92 Å². The van der Waals surface area contributed by atoms with Crippen LogP contribution in [0.25, 0.3) is 0 Å². The lowest BCUT2D eigenvalue weighted by atomic mass is 9.99. The van der Waals surface area contributed by atoms with E-state index in [4.69, 9.17) is 0 Å². The Bertz CT molecular complexity index is 165. The minimum Gasteiger partial charge on any atom is -0.343 e. The van der Waals surface area contributed by atoms with Crippen molar-refractivity contribution >= 4 is 17.7 Å². The molecule has 1 amide bonds. The van der Waals surface area contributed by atoms with Crippen LogP contribution in [0.3, 0.4) is 0 Å². The van der Waals surface area contributed by atoms with Crippen molar-refractivity contribution in [3.63, 3.8) is 0 Å². The van der Waals surface area contributed by atoms with Gasteiger partial charge in [0.1, 0.15) is 0 Å². The Hall–Kier alpha value is -0.180. The van der Waals surface area contributed by atoms with Crippen LogP contribution in [0, 0.1) is 5.92 Å². The number of likely N-dealkylation sites (tertiary alicyclic amines) is 1. The predicted molar refractivity (Wildman–Crippen MR) is 69.3 cm³/mol. The summed E-state index contributed by atoms with van der Waals surface area (Å²) in [4.78, 5) is 12.9. The van der Waals surface area contributed by atoms with Gasteiger partial charge < -0.3 is 4.90 Å². The number of carbonyl (C=O) groups excluding carboxylic acids is 1. The lowest BCUT2D eigenvalue weighted by Crippen LogP contribution is -2.37. The maximum atomic E-state index is 11.0. The van der Waals surface area contributed by atoms with Crippen molar-refractivity contribution in [1.29, 1.82) is 0 Å². The van der Waals surface area contributed by atoms with Crippen LogP contribution in [-0.2, 0) is 4.79 Å². The molecule has 0 radical (unpaired) electrons. The lowest BCUT2D eigenvalue weighted by molar-refractivity contribution is -0.130. The molecule has 15 heavy (non-hydrogen) atoms. The highest BCUT2D eigenvalue weighted by atomic mass is 32.2. The molecule has 0 bridgehead atoms. The van der Waals surface area contributed by atoms with E-state index in [-0.39, 0.29) is 5.91 Å². The molecule has 1 aliphatic heterocycles. The third-order valence-electron chi connectivity index (χ3n) is 2.46. The molecule has 0 aromatic heterocycles. The second-order valence-corrected chi connectivity index (χ2v) is 5.02. The largest absolute Gasteiger partial charge is 0.343 e. The molecule has 0 unspecified atom stereocenters. The Balaban J connectivity index is 0.000000583. The van der Waals surface area contributed by atoms with Crippen molar-refractivity contribution in [1.82, 2.24) is 4.90 Å². The Kier molecular flexibility index (Phi) is 8.97. The number of carbonyl (C=O) groups is 1. The molecule has 1 rings (SSSR count). The first kappa shape index (κ1) is 14.8. The van der Waals surface area contributed by atoms with Crippen LogP contribution in [-0.4, -0.2) is 35.9 Å². The van der Waals surface area contributed by atoms with Crippen molar-refractivity contribution < 1.29 is 4.79 Å². The molecule has 1 fully saturated rings. The van der Waals surface area contributed by atoms with Gasteiger partial charge >= 0.3 is 0 Å². The fourth-order valence-corrected chi connectivity index (χ4v) is 2.45.